The highest BCUT2D eigenvalue weighted by Crippen LogP contribution is 2.34. The zero-order valence-electron chi connectivity index (χ0n) is 9.42. The van der Waals surface area contributed by atoms with Crippen LogP contribution in [0, 0.1) is 5.82 Å². The summed E-state index contributed by atoms with van der Waals surface area (Å²) in [6.45, 7) is 0. The first kappa shape index (κ1) is 13.8. The minimum atomic E-state index is -6.00. The van der Waals surface area contributed by atoms with Crippen LogP contribution in [0.4, 0.5) is 21.7 Å². The summed E-state index contributed by atoms with van der Waals surface area (Å²) >= 11 is 1.64. The second-order valence-electron chi connectivity index (χ2n) is 3.71. The van der Waals surface area contributed by atoms with Crippen LogP contribution < -0.4 is 0 Å². The predicted octanol–water partition coefficient (Wildman–Crippen LogP) is 5.49. The van der Waals surface area contributed by atoms with Gasteiger partial charge in [-0.15, -0.1) is 11.3 Å². The van der Waals surface area contributed by atoms with Gasteiger partial charge in [-0.05, 0) is 18.2 Å². The first-order chi connectivity index (χ1) is 8.86. The molecule has 0 saturated heterocycles. The topological polar surface area (TPSA) is 0 Å². The van der Waals surface area contributed by atoms with Crippen molar-refractivity contribution in [2.75, 3.05) is 0 Å². The molecule has 1 aromatic heterocycles. The van der Waals surface area contributed by atoms with Crippen LogP contribution in [-0.4, -0.2) is 7.25 Å². The molecule has 19 heavy (non-hydrogen) atoms. The van der Waals surface area contributed by atoms with Gasteiger partial charge < -0.3 is 17.3 Å². The standard InChI is InChI=1S/C12H7FS.BF4/c13-9-5-3-7-11-12(9)8-4-1-2-6-10(8)14-11;2-1(3,4)5/h1-7H;/q;-1. The molecule has 0 spiro atoms. The van der Waals surface area contributed by atoms with Crippen molar-refractivity contribution in [3.63, 3.8) is 0 Å². The summed E-state index contributed by atoms with van der Waals surface area (Å²) < 4.78 is 54.7. The molecule has 0 amide bonds. The van der Waals surface area contributed by atoms with E-state index in [4.69, 9.17) is 0 Å². The number of hydrogen-bond donors (Lipinski definition) is 0. The highest BCUT2D eigenvalue weighted by molar-refractivity contribution is 7.25. The second-order valence-corrected chi connectivity index (χ2v) is 4.79. The van der Waals surface area contributed by atoms with E-state index in [9.17, 15) is 21.7 Å². The van der Waals surface area contributed by atoms with Crippen LogP contribution in [0.2, 0.25) is 0 Å². The molecule has 0 saturated carbocycles. The van der Waals surface area contributed by atoms with Gasteiger partial charge in [0.1, 0.15) is 5.82 Å². The molecule has 0 N–H and O–H groups in total. The van der Waals surface area contributed by atoms with Crippen LogP contribution in [0.5, 0.6) is 0 Å². The molecule has 3 rings (SSSR count). The van der Waals surface area contributed by atoms with E-state index in [-0.39, 0.29) is 5.82 Å². The molecule has 0 unspecified atom stereocenters. The zero-order chi connectivity index (χ0) is 14.0. The molecular weight excluding hydrogens is 282 g/mol. The molecule has 0 atom stereocenters. The number of fused-ring (bicyclic) bond motifs is 3. The average Bonchev–Trinajstić information content (AvgIpc) is 2.66. The van der Waals surface area contributed by atoms with Crippen molar-refractivity contribution in [2.24, 2.45) is 0 Å². The molecule has 0 aliphatic rings. The van der Waals surface area contributed by atoms with Gasteiger partial charge in [0.25, 0.3) is 0 Å². The van der Waals surface area contributed by atoms with Gasteiger partial charge in [-0.25, -0.2) is 4.39 Å². The second kappa shape index (κ2) is 5.17. The number of hydrogen-bond acceptors (Lipinski definition) is 1. The van der Waals surface area contributed by atoms with Gasteiger partial charge in [0.15, 0.2) is 0 Å². The highest BCUT2D eigenvalue weighted by atomic mass is 32.1. The van der Waals surface area contributed by atoms with Crippen molar-refractivity contribution in [1.82, 2.24) is 0 Å². The van der Waals surface area contributed by atoms with E-state index >= 15 is 0 Å². The summed E-state index contributed by atoms with van der Waals surface area (Å²) in [5.74, 6) is -0.125. The maximum absolute atomic E-state index is 13.6. The fourth-order valence-electron chi connectivity index (χ4n) is 1.73. The van der Waals surface area contributed by atoms with Crippen LogP contribution in [-0.2, 0) is 0 Å². The minimum absolute atomic E-state index is 0.125. The van der Waals surface area contributed by atoms with Crippen LogP contribution in [0.3, 0.4) is 0 Å². The SMILES string of the molecule is F[B-](F)(F)F.Fc1cccc2sc3ccccc3c12. The Bertz CT molecular complexity index is 698. The number of rotatable bonds is 0. The monoisotopic (exact) mass is 289 g/mol. The van der Waals surface area contributed by atoms with Gasteiger partial charge in [-0.3, -0.25) is 0 Å². The van der Waals surface area contributed by atoms with Crippen molar-refractivity contribution in [1.29, 1.82) is 0 Å². The lowest BCUT2D eigenvalue weighted by atomic mass is 10.1. The zero-order valence-corrected chi connectivity index (χ0v) is 10.2. The number of halogens is 5. The van der Waals surface area contributed by atoms with Crippen LogP contribution in [0.1, 0.15) is 0 Å². The Labute approximate surface area is 109 Å². The third-order valence-corrected chi connectivity index (χ3v) is 3.49. The lowest BCUT2D eigenvalue weighted by molar-refractivity contribution is 0.368. The van der Waals surface area contributed by atoms with Gasteiger partial charge in [-0.1, -0.05) is 24.3 Å². The number of benzene rings is 2. The molecule has 1 heterocycles. The third-order valence-electron chi connectivity index (χ3n) is 2.35. The maximum Gasteiger partial charge on any atom is 0.673 e. The first-order valence-corrected chi connectivity index (χ1v) is 6.11. The van der Waals surface area contributed by atoms with Crippen molar-refractivity contribution in [3.05, 3.63) is 48.3 Å². The Morgan fingerprint density at radius 3 is 2.05 bits per heavy atom. The Hall–Kier alpha value is -1.63. The van der Waals surface area contributed by atoms with Crippen LogP contribution >= 0.6 is 11.3 Å². The summed E-state index contributed by atoms with van der Waals surface area (Å²) in [7, 11) is -6.00. The molecule has 0 aliphatic heterocycles. The molecule has 0 fully saturated rings. The van der Waals surface area contributed by atoms with Crippen LogP contribution in [0.15, 0.2) is 42.5 Å². The Morgan fingerprint density at radius 1 is 0.789 bits per heavy atom. The van der Waals surface area contributed by atoms with E-state index in [0.717, 1.165) is 20.2 Å². The van der Waals surface area contributed by atoms with Crippen LogP contribution in [0.25, 0.3) is 20.2 Å². The lowest BCUT2D eigenvalue weighted by Crippen LogP contribution is -2.02. The van der Waals surface area contributed by atoms with E-state index in [1.54, 1.807) is 17.4 Å². The molecule has 0 bridgehead atoms. The van der Waals surface area contributed by atoms with E-state index < -0.39 is 7.25 Å². The fourth-order valence-corrected chi connectivity index (χ4v) is 2.85. The van der Waals surface area contributed by atoms with E-state index in [1.165, 1.54) is 6.07 Å². The first-order valence-electron chi connectivity index (χ1n) is 5.29. The summed E-state index contributed by atoms with van der Waals surface area (Å²) in [4.78, 5) is 0. The van der Waals surface area contributed by atoms with E-state index in [1.807, 2.05) is 30.3 Å². The van der Waals surface area contributed by atoms with Gasteiger partial charge in [0.05, 0.1) is 0 Å². The summed E-state index contributed by atoms with van der Waals surface area (Å²) in [5.41, 5.74) is 0. The Balaban J connectivity index is 0.000000232. The largest absolute Gasteiger partial charge is 0.673 e. The van der Waals surface area contributed by atoms with Crippen molar-refractivity contribution in [3.8, 4) is 0 Å². The molecule has 0 radical (unpaired) electrons. The van der Waals surface area contributed by atoms with E-state index in [2.05, 4.69) is 0 Å². The Kier molecular flexibility index (Phi) is 3.75. The van der Waals surface area contributed by atoms with Gasteiger partial charge in [-0.2, -0.15) is 0 Å². The molecule has 0 nitrogen and oxygen atoms in total. The molecule has 2 aromatic carbocycles. The summed E-state index contributed by atoms with van der Waals surface area (Å²) in [5, 5.41) is 1.78. The normalized spacial score (nSPS) is 11.4. The summed E-state index contributed by atoms with van der Waals surface area (Å²) in [6.07, 6.45) is 0. The number of thiophene rings is 1. The molecular formula is C12H7BF5S-. The predicted molar refractivity (Wildman–Crippen MR) is 69.5 cm³/mol. The fraction of sp³-hybridized carbons (Fsp3) is 0. The maximum atomic E-state index is 13.6. The molecule has 0 aliphatic carbocycles. The molecule has 7 heteroatoms. The quantitative estimate of drug-likeness (QED) is 0.379. The minimum Gasteiger partial charge on any atom is -0.418 e. The smallest absolute Gasteiger partial charge is 0.418 e. The van der Waals surface area contributed by atoms with Gasteiger partial charge >= 0.3 is 7.25 Å². The average molecular weight is 289 g/mol. The molecule has 100 valence electrons. The Morgan fingerprint density at radius 2 is 1.37 bits per heavy atom. The van der Waals surface area contributed by atoms with Gasteiger partial charge in [0, 0.05) is 20.2 Å². The van der Waals surface area contributed by atoms with Crippen molar-refractivity contribution >= 4 is 38.8 Å². The third kappa shape index (κ3) is 3.44. The van der Waals surface area contributed by atoms with Gasteiger partial charge in [0.2, 0.25) is 0 Å². The molecule has 3 aromatic rings. The van der Waals surface area contributed by atoms with Crippen molar-refractivity contribution in [2.45, 2.75) is 0 Å². The summed E-state index contributed by atoms with van der Waals surface area (Å²) in [6, 6.07) is 13.2. The lowest BCUT2D eigenvalue weighted by Gasteiger charge is -1.94. The van der Waals surface area contributed by atoms with Crippen molar-refractivity contribution < 1.29 is 21.7 Å². The van der Waals surface area contributed by atoms with E-state index in [0.29, 0.717) is 0 Å². The highest BCUT2D eigenvalue weighted by Gasteiger charge is 2.20.